The first-order chi connectivity index (χ1) is 19.2. The number of H-pyrrole nitrogens is 2. The van der Waals surface area contributed by atoms with Crippen molar-refractivity contribution in [2.75, 3.05) is 6.54 Å². The van der Waals surface area contributed by atoms with Gasteiger partial charge < -0.3 is 10.3 Å². The summed E-state index contributed by atoms with van der Waals surface area (Å²) in [6.07, 6.45) is 14.2. The third-order valence-electron chi connectivity index (χ3n) is 7.59. The number of pyridine rings is 3. The van der Waals surface area contributed by atoms with Crippen LogP contribution in [0.25, 0.3) is 55.8 Å². The molecule has 0 radical (unpaired) electrons. The molecule has 0 aliphatic heterocycles. The third kappa shape index (κ3) is 4.55. The first kappa shape index (κ1) is 23.6. The van der Waals surface area contributed by atoms with E-state index in [-0.39, 0.29) is 5.82 Å². The van der Waals surface area contributed by atoms with Gasteiger partial charge in [0.2, 0.25) is 0 Å². The van der Waals surface area contributed by atoms with Crippen molar-refractivity contribution < 1.29 is 4.39 Å². The summed E-state index contributed by atoms with van der Waals surface area (Å²) in [5, 5.41) is 11.5. The highest BCUT2D eigenvalue weighted by Gasteiger charge is 2.19. The van der Waals surface area contributed by atoms with Gasteiger partial charge in [-0.25, -0.2) is 14.4 Å². The van der Waals surface area contributed by atoms with E-state index in [1.165, 1.54) is 31.7 Å². The summed E-state index contributed by atoms with van der Waals surface area (Å²) in [4.78, 5) is 21.1. The van der Waals surface area contributed by atoms with Gasteiger partial charge in [0, 0.05) is 54.0 Å². The number of benzene rings is 1. The van der Waals surface area contributed by atoms with Crippen molar-refractivity contribution in [3.05, 3.63) is 78.8 Å². The number of nitrogens with one attached hydrogen (secondary N) is 3. The van der Waals surface area contributed by atoms with Crippen molar-refractivity contribution in [2.45, 2.75) is 32.2 Å². The fourth-order valence-corrected chi connectivity index (χ4v) is 5.59. The summed E-state index contributed by atoms with van der Waals surface area (Å²) in [7, 11) is 0. The zero-order valence-electron chi connectivity index (χ0n) is 21.3. The first-order valence-electron chi connectivity index (χ1n) is 13.3. The van der Waals surface area contributed by atoms with Crippen molar-refractivity contribution in [3.8, 4) is 33.8 Å². The lowest BCUT2D eigenvalue weighted by Gasteiger charge is -2.11. The summed E-state index contributed by atoms with van der Waals surface area (Å²) in [5.74, 6) is 0.911. The summed E-state index contributed by atoms with van der Waals surface area (Å²) in [6, 6.07) is 11.3. The number of halogens is 1. The first-order valence-corrected chi connectivity index (χ1v) is 13.3. The highest BCUT2D eigenvalue weighted by atomic mass is 19.1. The van der Waals surface area contributed by atoms with E-state index in [4.69, 9.17) is 4.98 Å². The molecule has 3 N–H and O–H groups in total. The van der Waals surface area contributed by atoms with Gasteiger partial charge >= 0.3 is 0 Å². The number of fused-ring (bicyclic) bond motifs is 2. The summed E-state index contributed by atoms with van der Waals surface area (Å²) in [5.41, 5.74) is 6.80. The van der Waals surface area contributed by atoms with E-state index in [0.29, 0.717) is 33.6 Å². The van der Waals surface area contributed by atoms with Crippen LogP contribution in [0.4, 0.5) is 4.39 Å². The van der Waals surface area contributed by atoms with E-state index in [2.05, 4.69) is 41.5 Å². The molecule has 1 fully saturated rings. The predicted octanol–water partition coefficient (Wildman–Crippen LogP) is 6.04. The van der Waals surface area contributed by atoms with Crippen LogP contribution in [0.3, 0.4) is 0 Å². The molecule has 39 heavy (non-hydrogen) atoms. The molecular weight excluding hydrogens is 491 g/mol. The number of hydrogen-bond donors (Lipinski definition) is 3. The topological polar surface area (TPSA) is 108 Å². The fourth-order valence-electron chi connectivity index (χ4n) is 5.59. The third-order valence-corrected chi connectivity index (χ3v) is 7.59. The average Bonchev–Trinajstić information content (AvgIpc) is 3.73. The van der Waals surface area contributed by atoms with Gasteiger partial charge in [-0.1, -0.05) is 12.8 Å². The van der Waals surface area contributed by atoms with Crippen LogP contribution in [-0.4, -0.2) is 41.7 Å². The Morgan fingerprint density at radius 3 is 2.67 bits per heavy atom. The number of imidazole rings is 1. The predicted molar refractivity (Wildman–Crippen MR) is 149 cm³/mol. The van der Waals surface area contributed by atoms with Gasteiger partial charge in [0.05, 0.1) is 0 Å². The number of rotatable bonds is 7. The smallest absolute Gasteiger partial charge is 0.160 e. The minimum absolute atomic E-state index is 0.332. The lowest BCUT2D eigenvalue weighted by Crippen LogP contribution is -2.20. The van der Waals surface area contributed by atoms with Crippen LogP contribution in [0, 0.1) is 11.7 Å². The molecule has 194 valence electrons. The second-order valence-corrected chi connectivity index (χ2v) is 10.2. The van der Waals surface area contributed by atoms with Gasteiger partial charge in [-0.05, 0) is 78.4 Å². The monoisotopic (exact) mass is 518 g/mol. The van der Waals surface area contributed by atoms with Crippen molar-refractivity contribution in [3.63, 3.8) is 0 Å². The molecular formula is C30H27FN8. The number of hydrogen-bond acceptors (Lipinski definition) is 6. The molecule has 1 aliphatic rings. The number of nitrogens with zero attached hydrogens (tertiary/aromatic N) is 5. The van der Waals surface area contributed by atoms with E-state index in [1.54, 1.807) is 24.8 Å². The summed E-state index contributed by atoms with van der Waals surface area (Å²) in [6.45, 7) is 1.77. The highest BCUT2D eigenvalue weighted by Crippen LogP contribution is 2.34. The highest BCUT2D eigenvalue weighted by molar-refractivity contribution is 5.97. The van der Waals surface area contributed by atoms with E-state index < -0.39 is 0 Å². The van der Waals surface area contributed by atoms with E-state index in [1.807, 2.05) is 30.5 Å². The molecule has 0 saturated heterocycles. The largest absolute Gasteiger partial charge is 0.321 e. The van der Waals surface area contributed by atoms with Crippen LogP contribution in [-0.2, 0) is 6.54 Å². The van der Waals surface area contributed by atoms with Crippen LogP contribution in [0.1, 0.15) is 31.2 Å². The Morgan fingerprint density at radius 1 is 0.923 bits per heavy atom. The molecule has 0 amide bonds. The van der Waals surface area contributed by atoms with Gasteiger partial charge in [-0.2, -0.15) is 5.10 Å². The maximum atomic E-state index is 15.3. The Morgan fingerprint density at radius 2 is 1.79 bits per heavy atom. The van der Waals surface area contributed by atoms with Gasteiger partial charge in [-0.3, -0.25) is 15.1 Å². The van der Waals surface area contributed by atoms with Gasteiger partial charge in [0.25, 0.3) is 0 Å². The Labute approximate surface area is 224 Å². The van der Waals surface area contributed by atoms with E-state index >= 15 is 4.39 Å². The van der Waals surface area contributed by atoms with Crippen LogP contribution in [0.15, 0.2) is 67.4 Å². The molecule has 0 spiro atoms. The molecule has 7 rings (SSSR count). The molecule has 1 aliphatic carbocycles. The zero-order chi connectivity index (χ0) is 26.2. The quantitative estimate of drug-likeness (QED) is 0.238. The zero-order valence-corrected chi connectivity index (χ0v) is 21.3. The molecule has 5 heterocycles. The molecule has 1 saturated carbocycles. The maximum absolute atomic E-state index is 15.3. The van der Waals surface area contributed by atoms with E-state index in [0.717, 1.165) is 46.8 Å². The van der Waals surface area contributed by atoms with Gasteiger partial charge in [-0.15, -0.1) is 0 Å². The molecule has 8 nitrogen and oxygen atoms in total. The second-order valence-electron chi connectivity index (χ2n) is 10.2. The van der Waals surface area contributed by atoms with Gasteiger partial charge in [0.1, 0.15) is 22.5 Å². The minimum atomic E-state index is -0.377. The molecule has 9 heteroatoms. The van der Waals surface area contributed by atoms with Crippen molar-refractivity contribution >= 4 is 22.1 Å². The van der Waals surface area contributed by atoms with Crippen LogP contribution >= 0.6 is 0 Å². The lowest BCUT2D eigenvalue weighted by molar-refractivity contribution is 0.489. The van der Waals surface area contributed by atoms with Crippen LogP contribution in [0.2, 0.25) is 0 Å². The van der Waals surface area contributed by atoms with Crippen molar-refractivity contribution in [1.29, 1.82) is 0 Å². The molecule has 0 atom stereocenters. The molecule has 5 aromatic heterocycles. The maximum Gasteiger partial charge on any atom is 0.160 e. The normalized spacial score (nSPS) is 14.1. The lowest BCUT2D eigenvalue weighted by atomic mass is 10.0. The van der Waals surface area contributed by atoms with E-state index in [9.17, 15) is 0 Å². The standard InChI is InChI=1S/C30H27FN8/c31-25-13-21(22-11-19(16-34-17-22)15-33-14-18-3-1-2-4-18)12-24-26(25)38-39-28(24)30-36-27-23(7-10-35-29(27)37-30)20-5-8-32-9-6-20/h5-13,16-18,33H,1-4,14-15H2,(H,38,39)(H,35,36,37). The number of aromatic nitrogens is 7. The Balaban J connectivity index is 1.23. The van der Waals surface area contributed by atoms with Crippen LogP contribution in [0.5, 0.6) is 0 Å². The van der Waals surface area contributed by atoms with Crippen molar-refractivity contribution in [2.24, 2.45) is 5.92 Å². The Kier molecular flexibility index (Phi) is 6.05. The SMILES string of the molecule is Fc1cc(-c2cncc(CNCC3CCCC3)c2)cc2c(-c3nc4c(-c5ccncc5)ccnc4[nH]3)n[nH]c12. The molecule has 0 bridgehead atoms. The summed E-state index contributed by atoms with van der Waals surface area (Å²) >= 11 is 0. The van der Waals surface area contributed by atoms with Crippen LogP contribution < -0.4 is 5.32 Å². The minimum Gasteiger partial charge on any atom is -0.321 e. The van der Waals surface area contributed by atoms with Gasteiger partial charge in [0.15, 0.2) is 11.5 Å². The average molecular weight is 519 g/mol. The van der Waals surface area contributed by atoms with Crippen molar-refractivity contribution in [1.82, 2.24) is 40.4 Å². The number of aromatic amines is 2. The Bertz CT molecular complexity index is 1770. The second kappa shape index (κ2) is 9.99. The molecule has 1 aromatic carbocycles. The fraction of sp³-hybridized carbons (Fsp3) is 0.233. The molecule has 6 aromatic rings. The molecule has 0 unspecified atom stereocenters. The summed E-state index contributed by atoms with van der Waals surface area (Å²) < 4.78 is 15.3. The Hall–Kier alpha value is -4.50.